The van der Waals surface area contributed by atoms with E-state index in [0.717, 1.165) is 29.7 Å². The Balaban J connectivity index is 1.44. The van der Waals surface area contributed by atoms with Crippen LogP contribution in [0.4, 0.5) is 5.00 Å². The third-order valence-electron chi connectivity index (χ3n) is 7.21. The smallest absolute Gasteiger partial charge is 0.356 e. The first-order chi connectivity index (χ1) is 19.7. The van der Waals surface area contributed by atoms with Gasteiger partial charge in [0, 0.05) is 27.9 Å². The van der Waals surface area contributed by atoms with Gasteiger partial charge >= 0.3 is 11.9 Å². The first kappa shape index (κ1) is 28.6. The van der Waals surface area contributed by atoms with Crippen molar-refractivity contribution in [1.29, 1.82) is 0 Å². The molecule has 212 valence electrons. The van der Waals surface area contributed by atoms with Crippen LogP contribution in [0, 0.1) is 5.92 Å². The van der Waals surface area contributed by atoms with Gasteiger partial charge in [-0.2, -0.15) is 0 Å². The first-order valence-electron chi connectivity index (χ1n) is 13.4. The van der Waals surface area contributed by atoms with Crippen molar-refractivity contribution >= 4 is 56.6 Å². The van der Waals surface area contributed by atoms with Gasteiger partial charge in [-0.15, -0.1) is 11.3 Å². The van der Waals surface area contributed by atoms with E-state index in [9.17, 15) is 19.2 Å². The number of aromatic nitrogens is 1. The number of hydrogen-bond donors (Lipinski definition) is 1. The molecule has 1 aliphatic carbocycles. The van der Waals surface area contributed by atoms with Crippen molar-refractivity contribution in [3.8, 4) is 11.1 Å². The van der Waals surface area contributed by atoms with Crippen LogP contribution in [0.2, 0.25) is 5.02 Å². The molecule has 1 atom stereocenters. The van der Waals surface area contributed by atoms with Crippen LogP contribution in [0.1, 0.15) is 51.6 Å². The Hall–Kier alpha value is -3.95. The lowest BCUT2D eigenvalue weighted by Gasteiger charge is -2.18. The molecule has 4 aromatic rings. The summed E-state index contributed by atoms with van der Waals surface area (Å²) in [6, 6.07) is 13.9. The van der Waals surface area contributed by atoms with E-state index in [1.807, 2.05) is 0 Å². The Kier molecular flexibility index (Phi) is 8.28. The van der Waals surface area contributed by atoms with Gasteiger partial charge in [-0.05, 0) is 66.8 Å². The SMILES string of the molecule is CCOC(=O)c1c(NC(=O)COC(=O)c2c(-c3ccc(Cl)cc3)c3ccccc3c(=O)n2C)sc2c1CCC(C)C2. The van der Waals surface area contributed by atoms with Crippen LogP contribution >= 0.6 is 22.9 Å². The molecule has 0 saturated heterocycles. The number of esters is 2. The minimum absolute atomic E-state index is 0.0108. The molecule has 0 fully saturated rings. The standard InChI is InChI=1S/C31H29ClN2O6S/c1-4-39-30(37)26-22-14-9-17(2)15-23(22)41-28(26)33-24(35)16-40-31(38)27-25(18-10-12-19(32)13-11-18)20-7-5-6-8-21(20)29(36)34(27)3/h5-8,10-13,17H,4,9,14-16H2,1-3H3,(H,33,35). The highest BCUT2D eigenvalue weighted by Crippen LogP contribution is 2.40. The number of rotatable bonds is 7. The molecule has 5 rings (SSSR count). The third-order valence-corrected chi connectivity index (χ3v) is 8.63. The molecule has 1 unspecified atom stereocenters. The second kappa shape index (κ2) is 11.9. The van der Waals surface area contributed by atoms with Crippen molar-refractivity contribution in [3.05, 3.63) is 85.6 Å². The molecule has 0 bridgehead atoms. The number of carbonyl (C=O) groups excluding carboxylic acids is 3. The summed E-state index contributed by atoms with van der Waals surface area (Å²) in [6.07, 6.45) is 2.50. The summed E-state index contributed by atoms with van der Waals surface area (Å²) >= 11 is 7.45. The van der Waals surface area contributed by atoms with E-state index in [-0.39, 0.29) is 17.9 Å². The molecule has 10 heteroatoms. The van der Waals surface area contributed by atoms with Crippen molar-refractivity contribution in [1.82, 2.24) is 4.57 Å². The van der Waals surface area contributed by atoms with Crippen molar-refractivity contribution in [2.24, 2.45) is 13.0 Å². The number of benzene rings is 2. The second-order valence-electron chi connectivity index (χ2n) is 10.0. The topological polar surface area (TPSA) is 104 Å². The Labute approximate surface area is 245 Å². The summed E-state index contributed by atoms with van der Waals surface area (Å²) in [6.45, 7) is 3.49. The fourth-order valence-electron chi connectivity index (χ4n) is 5.23. The fraction of sp³-hybridized carbons (Fsp3) is 0.290. The number of fused-ring (bicyclic) bond motifs is 2. The zero-order valence-corrected chi connectivity index (χ0v) is 24.5. The highest BCUT2D eigenvalue weighted by Gasteiger charge is 2.30. The predicted molar refractivity (Wildman–Crippen MR) is 160 cm³/mol. The Morgan fingerprint density at radius 2 is 1.76 bits per heavy atom. The van der Waals surface area contributed by atoms with Crippen molar-refractivity contribution in [2.45, 2.75) is 33.1 Å². The zero-order valence-electron chi connectivity index (χ0n) is 22.9. The molecule has 1 N–H and O–H groups in total. The molecular formula is C31H29ClN2O6S. The lowest BCUT2D eigenvalue weighted by atomic mass is 9.88. The van der Waals surface area contributed by atoms with Crippen LogP contribution in [-0.4, -0.2) is 35.6 Å². The summed E-state index contributed by atoms with van der Waals surface area (Å²) in [4.78, 5) is 53.5. The Bertz CT molecular complexity index is 1720. The van der Waals surface area contributed by atoms with Gasteiger partial charge in [-0.25, -0.2) is 9.59 Å². The normalized spacial score (nSPS) is 14.4. The van der Waals surface area contributed by atoms with E-state index in [2.05, 4.69) is 12.2 Å². The van der Waals surface area contributed by atoms with Gasteiger partial charge in [0.2, 0.25) is 0 Å². The quantitative estimate of drug-likeness (QED) is 0.263. The van der Waals surface area contributed by atoms with Gasteiger partial charge in [-0.1, -0.05) is 48.9 Å². The molecule has 1 amide bonds. The van der Waals surface area contributed by atoms with Gasteiger partial charge in [0.15, 0.2) is 6.61 Å². The molecule has 0 spiro atoms. The number of anilines is 1. The Morgan fingerprint density at radius 1 is 1.05 bits per heavy atom. The Morgan fingerprint density at radius 3 is 2.46 bits per heavy atom. The van der Waals surface area contributed by atoms with Crippen molar-refractivity contribution < 1.29 is 23.9 Å². The number of nitrogens with zero attached hydrogens (tertiary/aromatic N) is 1. The molecule has 41 heavy (non-hydrogen) atoms. The molecule has 2 aromatic heterocycles. The number of nitrogens with one attached hydrogen (secondary N) is 1. The summed E-state index contributed by atoms with van der Waals surface area (Å²) in [5, 5.41) is 4.69. The van der Waals surface area contributed by atoms with Crippen LogP contribution in [0.15, 0.2) is 53.3 Å². The van der Waals surface area contributed by atoms with E-state index < -0.39 is 24.5 Å². The highest BCUT2D eigenvalue weighted by atomic mass is 35.5. The van der Waals surface area contributed by atoms with Gasteiger partial charge in [0.05, 0.1) is 12.2 Å². The van der Waals surface area contributed by atoms with Gasteiger partial charge in [0.1, 0.15) is 10.7 Å². The van der Waals surface area contributed by atoms with Gasteiger partial charge < -0.3 is 19.4 Å². The summed E-state index contributed by atoms with van der Waals surface area (Å²) in [5.41, 5.74) is 2.09. The van der Waals surface area contributed by atoms with E-state index in [1.54, 1.807) is 55.5 Å². The molecule has 2 heterocycles. The number of ether oxygens (including phenoxy) is 2. The fourth-order valence-corrected chi connectivity index (χ4v) is 6.77. The monoisotopic (exact) mass is 592 g/mol. The predicted octanol–water partition coefficient (Wildman–Crippen LogP) is 6.02. The van der Waals surface area contributed by atoms with Crippen LogP contribution < -0.4 is 10.9 Å². The largest absolute Gasteiger partial charge is 0.462 e. The molecule has 0 radical (unpaired) electrons. The maximum atomic E-state index is 13.5. The molecular weight excluding hydrogens is 564 g/mol. The minimum Gasteiger partial charge on any atom is -0.462 e. The average Bonchev–Trinajstić information content (AvgIpc) is 3.31. The van der Waals surface area contributed by atoms with Crippen LogP contribution in [0.5, 0.6) is 0 Å². The number of hydrogen-bond acceptors (Lipinski definition) is 7. The molecule has 8 nitrogen and oxygen atoms in total. The van der Waals surface area contributed by atoms with E-state index in [1.165, 1.54) is 23.0 Å². The van der Waals surface area contributed by atoms with Gasteiger partial charge in [0.25, 0.3) is 11.5 Å². The summed E-state index contributed by atoms with van der Waals surface area (Å²) < 4.78 is 12.0. The molecule has 2 aromatic carbocycles. The average molecular weight is 593 g/mol. The number of carbonyl (C=O) groups is 3. The van der Waals surface area contributed by atoms with Crippen LogP contribution in [0.25, 0.3) is 21.9 Å². The summed E-state index contributed by atoms with van der Waals surface area (Å²) in [7, 11) is 1.49. The van der Waals surface area contributed by atoms with Crippen LogP contribution in [-0.2, 0) is 34.2 Å². The number of pyridine rings is 1. The van der Waals surface area contributed by atoms with Gasteiger partial charge in [-0.3, -0.25) is 9.59 Å². The van der Waals surface area contributed by atoms with E-state index >= 15 is 0 Å². The van der Waals surface area contributed by atoms with E-state index in [0.29, 0.717) is 43.4 Å². The van der Waals surface area contributed by atoms with Crippen molar-refractivity contribution in [2.75, 3.05) is 18.5 Å². The highest BCUT2D eigenvalue weighted by molar-refractivity contribution is 7.17. The number of thiophene rings is 1. The first-order valence-corrected chi connectivity index (χ1v) is 14.5. The van der Waals surface area contributed by atoms with Crippen molar-refractivity contribution in [3.63, 3.8) is 0 Å². The molecule has 0 aliphatic heterocycles. The maximum absolute atomic E-state index is 13.5. The number of amides is 1. The molecule has 0 saturated carbocycles. The molecule has 1 aliphatic rings. The zero-order chi connectivity index (χ0) is 29.3. The third kappa shape index (κ3) is 5.64. The summed E-state index contributed by atoms with van der Waals surface area (Å²) in [5.74, 6) is -1.44. The van der Waals surface area contributed by atoms with Crippen LogP contribution in [0.3, 0.4) is 0 Å². The van der Waals surface area contributed by atoms with E-state index in [4.69, 9.17) is 21.1 Å². The number of halogens is 1. The maximum Gasteiger partial charge on any atom is 0.356 e. The second-order valence-corrected chi connectivity index (χ2v) is 11.6. The lowest BCUT2D eigenvalue weighted by Crippen LogP contribution is -2.28. The lowest BCUT2D eigenvalue weighted by molar-refractivity contribution is -0.119. The minimum atomic E-state index is -0.833.